The molecule has 1 N–H and O–H groups in total. The summed E-state index contributed by atoms with van der Waals surface area (Å²) >= 11 is 1.55. The zero-order valence-corrected chi connectivity index (χ0v) is 6.96. The molecule has 0 spiro atoms. The lowest BCUT2D eigenvalue weighted by molar-refractivity contribution is -0.133. The highest BCUT2D eigenvalue weighted by atomic mass is 32.2. The summed E-state index contributed by atoms with van der Waals surface area (Å²) < 4.78 is 4.69. The monoisotopic (exact) mass is 161 g/mol. The van der Waals surface area contributed by atoms with Crippen molar-refractivity contribution in [3.05, 3.63) is 0 Å². The molecule has 0 saturated carbocycles. The third kappa shape index (κ3) is 1.01. The van der Waals surface area contributed by atoms with Crippen molar-refractivity contribution >= 4 is 17.7 Å². The van der Waals surface area contributed by atoms with Crippen LogP contribution in [0.3, 0.4) is 0 Å². The Labute approximate surface area is 64.5 Å². The van der Waals surface area contributed by atoms with E-state index in [1.807, 2.05) is 6.26 Å². The normalized spacial score (nSPS) is 21.4. The summed E-state index contributed by atoms with van der Waals surface area (Å²) in [5.74, 6) is 0.0752. The van der Waals surface area contributed by atoms with E-state index in [4.69, 9.17) is 4.74 Å². The molecule has 0 aromatic carbocycles. The highest BCUT2D eigenvalue weighted by molar-refractivity contribution is 8.00. The number of carbonyl (C=O) groups excluding carboxylic acids is 1. The smallest absolute Gasteiger partial charge is 0.240 e. The summed E-state index contributed by atoms with van der Waals surface area (Å²) in [5, 5.41) is 2.62. The molecule has 1 aliphatic rings. The second-order valence-electron chi connectivity index (χ2n) is 2.27. The molecule has 0 aliphatic carbocycles. The van der Waals surface area contributed by atoms with Crippen LogP contribution < -0.4 is 5.32 Å². The molecule has 1 heterocycles. The minimum Gasteiger partial charge on any atom is -0.377 e. The Hall–Kier alpha value is -0.220. The molecule has 1 aliphatic heterocycles. The van der Waals surface area contributed by atoms with Crippen LogP contribution in [-0.4, -0.2) is 37.2 Å². The average Bonchev–Trinajstić information content (AvgIpc) is 1.86. The van der Waals surface area contributed by atoms with Gasteiger partial charge in [-0.1, -0.05) is 0 Å². The van der Waals surface area contributed by atoms with Crippen LogP contribution in [0.25, 0.3) is 0 Å². The topological polar surface area (TPSA) is 38.3 Å². The van der Waals surface area contributed by atoms with Gasteiger partial charge in [0.2, 0.25) is 5.91 Å². The summed E-state index contributed by atoms with van der Waals surface area (Å²) in [6, 6.07) is 0. The van der Waals surface area contributed by atoms with Crippen LogP contribution in [-0.2, 0) is 9.53 Å². The summed E-state index contributed by atoms with van der Waals surface area (Å²) in [7, 11) is 1.65. The molecule has 0 bridgehead atoms. The first-order valence-electron chi connectivity index (χ1n) is 3.10. The molecular weight excluding hydrogens is 150 g/mol. The maximum Gasteiger partial charge on any atom is 0.240 e. The number of hydrogen-bond acceptors (Lipinski definition) is 3. The molecule has 1 fully saturated rings. The first kappa shape index (κ1) is 7.88. The molecule has 1 saturated heterocycles. The van der Waals surface area contributed by atoms with E-state index in [9.17, 15) is 4.79 Å². The second kappa shape index (κ2) is 2.80. The van der Waals surface area contributed by atoms with Gasteiger partial charge in [-0.25, -0.2) is 0 Å². The number of carbonyl (C=O) groups is 1. The van der Waals surface area contributed by atoms with E-state index < -0.39 is 0 Å². The Kier molecular flexibility index (Phi) is 2.21. The third-order valence-corrected chi connectivity index (χ3v) is 2.90. The molecular formula is C6H11NO2S. The molecule has 0 aromatic rings. The zero-order chi connectivity index (χ0) is 7.61. The molecule has 0 unspecified atom stereocenters. The van der Waals surface area contributed by atoms with E-state index in [-0.39, 0.29) is 10.7 Å². The van der Waals surface area contributed by atoms with Gasteiger partial charge >= 0.3 is 0 Å². The van der Waals surface area contributed by atoms with Crippen molar-refractivity contribution in [2.75, 3.05) is 26.5 Å². The second-order valence-corrected chi connectivity index (χ2v) is 3.46. The number of rotatable bonds is 2. The Balaban J connectivity index is 2.55. The average molecular weight is 161 g/mol. The van der Waals surface area contributed by atoms with Gasteiger partial charge in [-0.05, 0) is 6.26 Å². The van der Waals surface area contributed by atoms with E-state index in [1.54, 1.807) is 18.8 Å². The molecule has 10 heavy (non-hydrogen) atoms. The van der Waals surface area contributed by atoms with Crippen molar-refractivity contribution in [2.24, 2.45) is 0 Å². The predicted octanol–water partition coefficient (Wildman–Crippen LogP) is -0.136. The van der Waals surface area contributed by atoms with E-state index in [2.05, 4.69) is 5.32 Å². The fourth-order valence-electron chi connectivity index (χ4n) is 0.857. The highest BCUT2D eigenvalue weighted by Crippen LogP contribution is 2.30. The van der Waals surface area contributed by atoms with Gasteiger partial charge in [0.15, 0.2) is 0 Å². The molecule has 0 aromatic heterocycles. The maximum atomic E-state index is 11.1. The molecule has 0 atom stereocenters. The first-order chi connectivity index (χ1) is 4.75. The molecule has 0 radical (unpaired) electrons. The lowest BCUT2D eigenvalue weighted by Gasteiger charge is -2.37. The number of hydrogen-bond donors (Lipinski definition) is 1. The Bertz CT molecular complexity index is 139. The van der Waals surface area contributed by atoms with E-state index >= 15 is 0 Å². The Morgan fingerprint density at radius 1 is 1.70 bits per heavy atom. The molecule has 58 valence electrons. The van der Waals surface area contributed by atoms with Crippen molar-refractivity contribution in [3.63, 3.8) is 0 Å². The van der Waals surface area contributed by atoms with Crippen LogP contribution in [0.4, 0.5) is 0 Å². The standard InChI is InChI=1S/C6H11NO2S/c1-7-5(8)6(10-2)3-9-4-6/h3-4H2,1-2H3,(H,7,8). The maximum absolute atomic E-state index is 11.1. The summed E-state index contributed by atoms with van der Waals surface area (Å²) in [5.41, 5.74) is 0. The fraction of sp³-hybridized carbons (Fsp3) is 0.833. The van der Waals surface area contributed by atoms with Crippen LogP contribution >= 0.6 is 11.8 Å². The Morgan fingerprint density at radius 2 is 2.30 bits per heavy atom. The first-order valence-corrected chi connectivity index (χ1v) is 4.33. The number of nitrogens with one attached hydrogen (secondary N) is 1. The van der Waals surface area contributed by atoms with Crippen molar-refractivity contribution in [1.29, 1.82) is 0 Å². The van der Waals surface area contributed by atoms with Crippen molar-refractivity contribution in [2.45, 2.75) is 4.75 Å². The largest absolute Gasteiger partial charge is 0.377 e. The zero-order valence-electron chi connectivity index (χ0n) is 6.14. The molecule has 1 amide bonds. The quantitative estimate of drug-likeness (QED) is 0.613. The molecule has 3 nitrogen and oxygen atoms in total. The van der Waals surface area contributed by atoms with Crippen LogP contribution in [0.15, 0.2) is 0 Å². The van der Waals surface area contributed by atoms with Crippen molar-refractivity contribution in [1.82, 2.24) is 5.32 Å². The highest BCUT2D eigenvalue weighted by Gasteiger charge is 2.44. The van der Waals surface area contributed by atoms with Gasteiger partial charge in [0.25, 0.3) is 0 Å². The van der Waals surface area contributed by atoms with Gasteiger partial charge in [0.05, 0.1) is 13.2 Å². The van der Waals surface area contributed by atoms with E-state index in [0.717, 1.165) is 0 Å². The Morgan fingerprint density at radius 3 is 2.40 bits per heavy atom. The minimum atomic E-state index is -0.283. The van der Waals surface area contributed by atoms with Crippen LogP contribution in [0, 0.1) is 0 Å². The number of amides is 1. The van der Waals surface area contributed by atoms with Crippen LogP contribution in [0.2, 0.25) is 0 Å². The number of thioether (sulfide) groups is 1. The van der Waals surface area contributed by atoms with Gasteiger partial charge in [-0.2, -0.15) is 0 Å². The summed E-state index contributed by atoms with van der Waals surface area (Å²) in [4.78, 5) is 11.1. The number of ether oxygens (including phenoxy) is 1. The van der Waals surface area contributed by atoms with Gasteiger partial charge < -0.3 is 10.1 Å². The van der Waals surface area contributed by atoms with Gasteiger partial charge in [-0.3, -0.25) is 4.79 Å². The third-order valence-electron chi connectivity index (χ3n) is 1.70. The molecule has 1 rings (SSSR count). The summed E-state index contributed by atoms with van der Waals surface area (Å²) in [6.07, 6.45) is 1.93. The van der Waals surface area contributed by atoms with Gasteiger partial charge in [0, 0.05) is 7.05 Å². The van der Waals surface area contributed by atoms with Crippen LogP contribution in [0.5, 0.6) is 0 Å². The van der Waals surface area contributed by atoms with Gasteiger partial charge in [0.1, 0.15) is 4.75 Å². The predicted molar refractivity (Wildman–Crippen MR) is 41.1 cm³/mol. The SMILES string of the molecule is CNC(=O)C1(SC)COC1. The van der Waals surface area contributed by atoms with Gasteiger partial charge in [-0.15, -0.1) is 11.8 Å². The van der Waals surface area contributed by atoms with E-state index in [1.165, 1.54) is 0 Å². The molecule has 4 heteroatoms. The lowest BCUT2D eigenvalue weighted by Crippen LogP contribution is -2.57. The van der Waals surface area contributed by atoms with Crippen molar-refractivity contribution < 1.29 is 9.53 Å². The van der Waals surface area contributed by atoms with Crippen molar-refractivity contribution in [3.8, 4) is 0 Å². The summed E-state index contributed by atoms with van der Waals surface area (Å²) in [6.45, 7) is 1.10. The lowest BCUT2D eigenvalue weighted by atomic mass is 10.1. The van der Waals surface area contributed by atoms with E-state index in [0.29, 0.717) is 13.2 Å². The minimum absolute atomic E-state index is 0.0752. The van der Waals surface area contributed by atoms with Crippen LogP contribution in [0.1, 0.15) is 0 Å². The fourth-order valence-corrected chi connectivity index (χ4v) is 1.55.